The summed E-state index contributed by atoms with van der Waals surface area (Å²) in [5, 5.41) is 19.6. The van der Waals surface area contributed by atoms with Crippen LogP contribution < -0.4 is 0 Å². The first-order valence-electron chi connectivity index (χ1n) is 3.29. The molecule has 1 rings (SSSR count). The predicted molar refractivity (Wildman–Crippen MR) is 47.8 cm³/mol. The van der Waals surface area contributed by atoms with E-state index in [1.807, 2.05) is 0 Å². The molecule has 0 atom stereocenters. The molecule has 0 radical (unpaired) electrons. The summed E-state index contributed by atoms with van der Waals surface area (Å²) in [4.78, 5) is 0. The van der Waals surface area contributed by atoms with Crippen molar-refractivity contribution >= 4 is 16.6 Å². The van der Waals surface area contributed by atoms with Crippen molar-refractivity contribution in [2.45, 2.75) is 6.92 Å². The predicted octanol–water partition coefficient (Wildman–Crippen LogP) is 0.770. The zero-order chi connectivity index (χ0) is 9.14. The molecule has 3 nitrogen and oxygen atoms in total. The van der Waals surface area contributed by atoms with Crippen molar-refractivity contribution in [2.24, 2.45) is 0 Å². The molecule has 0 heterocycles. The van der Waals surface area contributed by atoms with Gasteiger partial charge in [0.1, 0.15) is 11.5 Å². The first-order chi connectivity index (χ1) is 5.65. The zero-order valence-electron chi connectivity index (χ0n) is 6.44. The molecule has 1 aromatic carbocycles. The first kappa shape index (κ1) is 8.80. The van der Waals surface area contributed by atoms with E-state index < -0.39 is 0 Å². The Balaban J connectivity index is 3.32. The summed E-state index contributed by atoms with van der Waals surface area (Å²) in [6.45, 7) is 1.70. The molecule has 0 saturated carbocycles. The van der Waals surface area contributed by atoms with Crippen LogP contribution in [0.4, 0.5) is 0 Å². The van der Waals surface area contributed by atoms with E-state index in [4.69, 9.17) is 5.11 Å². The van der Waals surface area contributed by atoms with E-state index in [0.717, 1.165) is 0 Å². The molecule has 0 unspecified atom stereocenters. The van der Waals surface area contributed by atoms with E-state index >= 15 is 0 Å². The number of phenols is 2. The van der Waals surface area contributed by atoms with Gasteiger partial charge in [0.05, 0.1) is 11.3 Å². The molecule has 2 N–H and O–H groups in total. The summed E-state index contributed by atoms with van der Waals surface area (Å²) >= 11 is 0.267. The molecule has 0 saturated heterocycles. The number of aryl methyl sites for hydroxylation is 1. The van der Waals surface area contributed by atoms with Crippen molar-refractivity contribution in [3.63, 3.8) is 0 Å². The highest BCUT2D eigenvalue weighted by molar-refractivity contribution is 7.65. The van der Waals surface area contributed by atoms with Gasteiger partial charge in [-0.05, 0) is 18.6 Å². The van der Waals surface area contributed by atoms with E-state index in [1.54, 1.807) is 13.0 Å². The molecule has 0 fully saturated rings. The lowest BCUT2D eigenvalue weighted by Crippen LogP contribution is -1.84. The van der Waals surface area contributed by atoms with Crippen molar-refractivity contribution in [3.8, 4) is 11.5 Å². The smallest absolute Gasteiger partial charge is 0.127 e. The van der Waals surface area contributed by atoms with Crippen LogP contribution in [0.1, 0.15) is 11.1 Å². The van der Waals surface area contributed by atoms with Crippen LogP contribution in [-0.4, -0.2) is 19.8 Å². The summed E-state index contributed by atoms with van der Waals surface area (Å²) in [7, 11) is 0. The van der Waals surface area contributed by atoms with E-state index in [2.05, 4.69) is 0 Å². The highest BCUT2D eigenvalue weighted by Crippen LogP contribution is 2.25. The normalized spacial score (nSPS) is 9.42. The minimum atomic E-state index is -0.0820. The van der Waals surface area contributed by atoms with Crippen LogP contribution in [0.3, 0.4) is 0 Å². The largest absolute Gasteiger partial charge is 0.508 e. The maximum atomic E-state index is 10.1. The Morgan fingerprint density at radius 2 is 2.00 bits per heavy atom. The molecule has 0 aliphatic heterocycles. The molecular weight excluding hydrogens is 176 g/mol. The Bertz CT molecular complexity index is 354. The number of phenolic OH excluding ortho intramolecular Hbond substituents is 2. The van der Waals surface area contributed by atoms with Crippen molar-refractivity contribution in [2.75, 3.05) is 0 Å². The maximum absolute atomic E-state index is 10.1. The summed E-state index contributed by atoms with van der Waals surface area (Å²) in [6, 6.07) is 2.77. The van der Waals surface area contributed by atoms with Gasteiger partial charge in [0.2, 0.25) is 0 Å². The average Bonchev–Trinajstić information content (AvgIpc) is 2.01. The number of hydrogen-bond donors (Lipinski definition) is 2. The van der Waals surface area contributed by atoms with Gasteiger partial charge in [0.15, 0.2) is 0 Å². The Kier molecular flexibility index (Phi) is 2.50. The van der Waals surface area contributed by atoms with Crippen molar-refractivity contribution in [1.82, 2.24) is 0 Å². The van der Waals surface area contributed by atoms with Gasteiger partial charge in [0, 0.05) is 17.0 Å². The molecule has 12 heavy (non-hydrogen) atoms. The number of benzene rings is 1. The third kappa shape index (κ3) is 1.65. The molecule has 0 amide bonds. The number of hydrogen-bond acceptors (Lipinski definition) is 3. The van der Waals surface area contributed by atoms with Crippen LogP contribution >= 0.6 is 0 Å². The Morgan fingerprint density at radius 1 is 1.33 bits per heavy atom. The number of rotatable bonds is 1. The van der Waals surface area contributed by atoms with Crippen molar-refractivity contribution in [1.29, 1.82) is 0 Å². The zero-order valence-corrected chi connectivity index (χ0v) is 7.26. The molecule has 4 heteroatoms. The average molecular weight is 184 g/mol. The molecular formula is C8H8O3S. The molecule has 0 spiro atoms. The van der Waals surface area contributed by atoms with Crippen LogP contribution in [-0.2, 0) is 11.3 Å². The van der Waals surface area contributed by atoms with E-state index in [0.29, 0.717) is 11.1 Å². The molecule has 1 aromatic rings. The van der Waals surface area contributed by atoms with Gasteiger partial charge in [-0.15, -0.1) is 0 Å². The minimum absolute atomic E-state index is 0.0283. The minimum Gasteiger partial charge on any atom is -0.508 e. The van der Waals surface area contributed by atoms with Crippen LogP contribution in [0.5, 0.6) is 11.5 Å². The van der Waals surface area contributed by atoms with Gasteiger partial charge < -0.3 is 10.2 Å². The van der Waals surface area contributed by atoms with Crippen LogP contribution in [0.2, 0.25) is 0 Å². The van der Waals surface area contributed by atoms with Gasteiger partial charge in [0.25, 0.3) is 0 Å². The highest BCUT2D eigenvalue weighted by atomic mass is 32.1. The van der Waals surface area contributed by atoms with E-state index in [1.165, 1.54) is 11.4 Å². The topological polar surface area (TPSA) is 57.5 Å². The van der Waals surface area contributed by atoms with E-state index in [9.17, 15) is 9.32 Å². The van der Waals surface area contributed by atoms with Gasteiger partial charge in [-0.1, -0.05) is 0 Å². The second-order valence-electron chi connectivity index (χ2n) is 2.41. The fourth-order valence-electron chi connectivity index (χ4n) is 0.854. The van der Waals surface area contributed by atoms with Gasteiger partial charge in [-0.25, -0.2) is 4.21 Å². The van der Waals surface area contributed by atoms with Crippen LogP contribution in [0.25, 0.3) is 0 Å². The van der Waals surface area contributed by atoms with Crippen LogP contribution in [0, 0.1) is 6.92 Å². The van der Waals surface area contributed by atoms with Crippen molar-refractivity contribution in [3.05, 3.63) is 23.3 Å². The molecule has 0 aliphatic carbocycles. The lowest BCUT2D eigenvalue weighted by molar-refractivity contribution is 0.447. The summed E-state index contributed by atoms with van der Waals surface area (Å²) < 4.78 is 10.1. The summed E-state index contributed by atoms with van der Waals surface area (Å²) in [5.74, 6) is -0.0537. The fraction of sp³-hybridized carbons (Fsp3) is 0.125. The summed E-state index contributed by atoms with van der Waals surface area (Å²) in [6.07, 6.45) is 0. The van der Waals surface area contributed by atoms with E-state index in [-0.39, 0.29) is 22.8 Å². The van der Waals surface area contributed by atoms with Crippen LogP contribution in [0.15, 0.2) is 12.1 Å². The van der Waals surface area contributed by atoms with Gasteiger partial charge in [-0.2, -0.15) is 0 Å². The molecule has 0 bridgehead atoms. The Morgan fingerprint density at radius 3 is 2.58 bits per heavy atom. The SMILES string of the molecule is Cc1cc(C=S=O)c(O)cc1O. The second kappa shape index (κ2) is 3.40. The quantitative estimate of drug-likeness (QED) is 0.634. The fourth-order valence-corrected chi connectivity index (χ4v) is 1.15. The van der Waals surface area contributed by atoms with Crippen molar-refractivity contribution < 1.29 is 14.4 Å². The first-order valence-corrected chi connectivity index (χ1v) is 4.10. The maximum Gasteiger partial charge on any atom is 0.127 e. The highest BCUT2D eigenvalue weighted by Gasteiger charge is 2.02. The lowest BCUT2D eigenvalue weighted by Gasteiger charge is -2.01. The summed E-state index contributed by atoms with van der Waals surface area (Å²) in [5.41, 5.74) is 1.07. The lowest BCUT2D eigenvalue weighted by atomic mass is 10.1. The Labute approximate surface area is 73.4 Å². The molecule has 0 aromatic heterocycles. The van der Waals surface area contributed by atoms with Gasteiger partial charge in [-0.3, -0.25) is 0 Å². The third-order valence-electron chi connectivity index (χ3n) is 1.52. The Hall–Kier alpha value is -1.29. The molecule has 64 valence electrons. The van der Waals surface area contributed by atoms with Gasteiger partial charge >= 0.3 is 0 Å². The second-order valence-corrected chi connectivity index (χ2v) is 2.84. The molecule has 0 aliphatic rings. The monoisotopic (exact) mass is 184 g/mol. The third-order valence-corrected chi connectivity index (χ3v) is 1.87. The number of aromatic hydroxyl groups is 2. The standard InChI is InChI=1S/C8H8O3S/c1-5-2-6(4-12-11)8(10)3-7(5)9/h2-4,9-10H,1H3.